The summed E-state index contributed by atoms with van der Waals surface area (Å²) < 4.78 is 7.14. The van der Waals surface area contributed by atoms with Gasteiger partial charge in [0, 0.05) is 25.6 Å². The maximum atomic E-state index is 12.0. The number of carbonyl (C=O) groups excluding carboxylic acids is 1. The maximum absolute atomic E-state index is 12.0. The normalized spacial score (nSPS) is 19.9. The SMILES string of the molecule is CCCn1ncnc1CC(=O)CC1COCCN1. The zero-order chi connectivity index (χ0) is 12.8. The maximum Gasteiger partial charge on any atom is 0.142 e. The number of nitrogens with zero attached hydrogens (tertiary/aromatic N) is 3. The molecule has 2 heterocycles. The van der Waals surface area contributed by atoms with Crippen molar-refractivity contribution in [3.63, 3.8) is 0 Å². The molecular weight excluding hydrogens is 232 g/mol. The first-order valence-electron chi connectivity index (χ1n) is 6.49. The molecule has 0 amide bonds. The van der Waals surface area contributed by atoms with Crippen molar-refractivity contribution in [2.45, 2.75) is 38.8 Å². The predicted octanol–water partition coefficient (Wildman–Crippen LogP) is 0.178. The third-order valence-corrected chi connectivity index (χ3v) is 2.96. The van der Waals surface area contributed by atoms with Crippen LogP contribution in [-0.2, 0) is 22.5 Å². The van der Waals surface area contributed by atoms with E-state index in [0.29, 0.717) is 19.4 Å². The van der Waals surface area contributed by atoms with E-state index >= 15 is 0 Å². The summed E-state index contributed by atoms with van der Waals surface area (Å²) in [5.74, 6) is 0.946. The quantitative estimate of drug-likeness (QED) is 0.782. The van der Waals surface area contributed by atoms with Crippen LogP contribution in [0, 0.1) is 0 Å². The minimum atomic E-state index is 0.147. The largest absolute Gasteiger partial charge is 0.379 e. The van der Waals surface area contributed by atoms with Gasteiger partial charge in [-0.05, 0) is 6.42 Å². The van der Waals surface area contributed by atoms with E-state index in [1.807, 2.05) is 4.68 Å². The Hall–Kier alpha value is -1.27. The molecule has 0 aromatic carbocycles. The number of Topliss-reactive ketones (excluding diaryl/α,β-unsaturated/α-hetero) is 1. The van der Waals surface area contributed by atoms with Crippen LogP contribution in [0.2, 0.25) is 0 Å². The highest BCUT2D eigenvalue weighted by Gasteiger charge is 2.18. The van der Waals surface area contributed by atoms with Crippen LogP contribution in [0.5, 0.6) is 0 Å². The number of ether oxygens (including phenoxy) is 1. The Morgan fingerprint density at radius 3 is 3.28 bits per heavy atom. The monoisotopic (exact) mass is 252 g/mol. The first-order chi connectivity index (χ1) is 8.79. The number of carbonyl (C=O) groups is 1. The average Bonchev–Trinajstić information content (AvgIpc) is 2.78. The molecule has 18 heavy (non-hydrogen) atoms. The van der Waals surface area contributed by atoms with Crippen molar-refractivity contribution < 1.29 is 9.53 Å². The molecule has 1 aliphatic rings. The number of rotatable bonds is 6. The van der Waals surface area contributed by atoms with Crippen LogP contribution in [0.25, 0.3) is 0 Å². The van der Waals surface area contributed by atoms with Crippen molar-refractivity contribution in [3.8, 4) is 0 Å². The van der Waals surface area contributed by atoms with Crippen molar-refractivity contribution in [1.82, 2.24) is 20.1 Å². The van der Waals surface area contributed by atoms with Gasteiger partial charge in [0.05, 0.1) is 19.6 Å². The molecule has 2 rings (SSSR count). The highest BCUT2D eigenvalue weighted by molar-refractivity contribution is 5.80. The van der Waals surface area contributed by atoms with Gasteiger partial charge in [0.15, 0.2) is 0 Å². The molecule has 1 aromatic rings. The van der Waals surface area contributed by atoms with Crippen LogP contribution >= 0.6 is 0 Å². The summed E-state index contributed by atoms with van der Waals surface area (Å²) in [6.07, 6.45) is 3.36. The Balaban J connectivity index is 1.84. The van der Waals surface area contributed by atoms with E-state index < -0.39 is 0 Å². The molecule has 1 aromatic heterocycles. The number of morpholine rings is 1. The van der Waals surface area contributed by atoms with Gasteiger partial charge in [-0.2, -0.15) is 5.10 Å². The molecule has 0 bridgehead atoms. The predicted molar refractivity (Wildman–Crippen MR) is 66.3 cm³/mol. The van der Waals surface area contributed by atoms with Crippen LogP contribution < -0.4 is 5.32 Å². The Labute approximate surface area is 107 Å². The van der Waals surface area contributed by atoms with E-state index in [0.717, 1.165) is 31.9 Å². The van der Waals surface area contributed by atoms with E-state index in [1.165, 1.54) is 6.33 Å². The first-order valence-corrected chi connectivity index (χ1v) is 6.49. The molecule has 1 atom stereocenters. The molecule has 0 radical (unpaired) electrons. The lowest BCUT2D eigenvalue weighted by molar-refractivity contribution is -0.119. The zero-order valence-electron chi connectivity index (χ0n) is 10.8. The van der Waals surface area contributed by atoms with E-state index in [2.05, 4.69) is 22.3 Å². The fraction of sp³-hybridized carbons (Fsp3) is 0.750. The lowest BCUT2D eigenvalue weighted by atomic mass is 10.1. The fourth-order valence-corrected chi connectivity index (χ4v) is 2.10. The van der Waals surface area contributed by atoms with Crippen LogP contribution in [0.4, 0.5) is 0 Å². The molecule has 0 aliphatic carbocycles. The Kier molecular flexibility index (Phi) is 4.83. The van der Waals surface area contributed by atoms with Crippen molar-refractivity contribution >= 4 is 5.78 Å². The van der Waals surface area contributed by atoms with E-state index in [9.17, 15) is 4.79 Å². The molecule has 6 nitrogen and oxygen atoms in total. The molecule has 1 aliphatic heterocycles. The van der Waals surface area contributed by atoms with Crippen LogP contribution in [0.15, 0.2) is 6.33 Å². The highest BCUT2D eigenvalue weighted by atomic mass is 16.5. The molecule has 100 valence electrons. The van der Waals surface area contributed by atoms with Gasteiger partial charge in [-0.3, -0.25) is 4.79 Å². The summed E-state index contributed by atoms with van der Waals surface area (Å²) in [5, 5.41) is 7.40. The van der Waals surface area contributed by atoms with Gasteiger partial charge in [-0.25, -0.2) is 9.67 Å². The van der Waals surface area contributed by atoms with E-state index in [-0.39, 0.29) is 11.8 Å². The topological polar surface area (TPSA) is 69.0 Å². The molecule has 0 saturated carbocycles. The first kappa shape index (κ1) is 13.2. The second kappa shape index (κ2) is 6.61. The summed E-state index contributed by atoms with van der Waals surface area (Å²) in [4.78, 5) is 16.1. The number of nitrogens with one attached hydrogen (secondary N) is 1. The summed E-state index contributed by atoms with van der Waals surface area (Å²) in [6, 6.07) is 0.147. The fourth-order valence-electron chi connectivity index (χ4n) is 2.10. The van der Waals surface area contributed by atoms with Gasteiger partial charge < -0.3 is 10.1 Å². The molecular formula is C12H20N4O2. The van der Waals surface area contributed by atoms with Gasteiger partial charge in [0.1, 0.15) is 17.9 Å². The summed E-state index contributed by atoms with van der Waals surface area (Å²) in [7, 11) is 0. The molecule has 1 fully saturated rings. The van der Waals surface area contributed by atoms with Gasteiger partial charge in [-0.1, -0.05) is 6.92 Å². The summed E-state index contributed by atoms with van der Waals surface area (Å²) in [5.41, 5.74) is 0. The van der Waals surface area contributed by atoms with Crippen LogP contribution in [0.1, 0.15) is 25.6 Å². The van der Waals surface area contributed by atoms with Gasteiger partial charge >= 0.3 is 0 Å². The van der Waals surface area contributed by atoms with Crippen molar-refractivity contribution in [1.29, 1.82) is 0 Å². The smallest absolute Gasteiger partial charge is 0.142 e. The number of hydrogen-bond acceptors (Lipinski definition) is 5. The number of hydrogen-bond donors (Lipinski definition) is 1. The Morgan fingerprint density at radius 1 is 1.67 bits per heavy atom. The van der Waals surface area contributed by atoms with Crippen molar-refractivity contribution in [3.05, 3.63) is 12.2 Å². The minimum absolute atomic E-state index is 0.147. The van der Waals surface area contributed by atoms with Gasteiger partial charge in [0.25, 0.3) is 0 Å². The minimum Gasteiger partial charge on any atom is -0.379 e. The van der Waals surface area contributed by atoms with Crippen molar-refractivity contribution in [2.24, 2.45) is 0 Å². The van der Waals surface area contributed by atoms with Gasteiger partial charge in [-0.15, -0.1) is 0 Å². The van der Waals surface area contributed by atoms with Crippen LogP contribution in [-0.4, -0.2) is 46.3 Å². The zero-order valence-corrected chi connectivity index (χ0v) is 10.8. The molecule has 1 unspecified atom stereocenters. The van der Waals surface area contributed by atoms with Gasteiger partial charge in [0.2, 0.25) is 0 Å². The third kappa shape index (κ3) is 3.61. The standard InChI is InChI=1S/C12H20N4O2/c1-2-4-16-12(14-9-15-16)7-11(17)6-10-8-18-5-3-13-10/h9-10,13H,2-8H2,1H3. The molecule has 0 spiro atoms. The molecule has 1 N–H and O–H groups in total. The van der Waals surface area contributed by atoms with E-state index in [1.54, 1.807) is 0 Å². The Bertz CT molecular complexity index is 385. The number of aryl methyl sites for hydroxylation is 1. The second-order valence-corrected chi connectivity index (χ2v) is 4.54. The van der Waals surface area contributed by atoms with Crippen LogP contribution in [0.3, 0.4) is 0 Å². The van der Waals surface area contributed by atoms with E-state index in [4.69, 9.17) is 4.74 Å². The summed E-state index contributed by atoms with van der Waals surface area (Å²) >= 11 is 0. The van der Waals surface area contributed by atoms with Crippen molar-refractivity contribution in [2.75, 3.05) is 19.8 Å². The molecule has 1 saturated heterocycles. The summed E-state index contributed by atoms with van der Waals surface area (Å²) in [6.45, 7) is 5.07. The lowest BCUT2D eigenvalue weighted by Gasteiger charge is -2.23. The third-order valence-electron chi connectivity index (χ3n) is 2.96. The molecule has 6 heteroatoms. The second-order valence-electron chi connectivity index (χ2n) is 4.54. The highest BCUT2D eigenvalue weighted by Crippen LogP contribution is 2.04. The lowest BCUT2D eigenvalue weighted by Crippen LogP contribution is -2.42. The Morgan fingerprint density at radius 2 is 2.56 bits per heavy atom. The number of aromatic nitrogens is 3. The number of ketones is 1. The average molecular weight is 252 g/mol.